The highest BCUT2D eigenvalue weighted by Gasteiger charge is 2.33. The van der Waals surface area contributed by atoms with Gasteiger partial charge in [0, 0.05) is 22.8 Å². The first-order valence-corrected chi connectivity index (χ1v) is 5.92. The van der Waals surface area contributed by atoms with E-state index >= 15 is 0 Å². The van der Waals surface area contributed by atoms with Crippen LogP contribution in [0.3, 0.4) is 0 Å². The first kappa shape index (κ1) is 12.3. The third-order valence-corrected chi connectivity index (χ3v) is 2.98. The van der Waals surface area contributed by atoms with Gasteiger partial charge in [-0.3, -0.25) is 20.2 Å². The Morgan fingerprint density at radius 2 is 1.44 bits per heavy atom. The molecule has 0 N–H and O–H groups in total. The molecule has 0 bridgehead atoms. The van der Waals surface area contributed by atoms with Crippen LogP contribution >= 0.6 is 10.7 Å². The quantitative estimate of drug-likeness (QED) is 0.463. The van der Waals surface area contributed by atoms with Crippen LogP contribution in [-0.4, -0.2) is 18.3 Å². The van der Waals surface area contributed by atoms with Crippen LogP contribution < -0.4 is 0 Å². The van der Waals surface area contributed by atoms with E-state index < -0.39 is 35.2 Å². The first-order valence-electron chi connectivity index (χ1n) is 3.61. The van der Waals surface area contributed by atoms with Crippen molar-refractivity contribution < 1.29 is 18.3 Å². The summed E-state index contributed by atoms with van der Waals surface area (Å²) in [6.45, 7) is 0. The number of nitro groups is 2. The molecular formula is C6H3ClN2O6S. The lowest BCUT2D eigenvalue weighted by molar-refractivity contribution is -0.399. The van der Waals surface area contributed by atoms with Gasteiger partial charge >= 0.3 is 0 Å². The highest BCUT2D eigenvalue weighted by Crippen LogP contribution is 2.34. The molecule has 0 saturated heterocycles. The molecule has 0 spiro atoms. The van der Waals surface area contributed by atoms with E-state index in [0.29, 0.717) is 0 Å². The van der Waals surface area contributed by atoms with Crippen molar-refractivity contribution in [2.75, 3.05) is 0 Å². The Morgan fingerprint density at radius 1 is 1.06 bits per heavy atom. The normalized spacial score (nSPS) is 11.1. The number of hydrogen-bond acceptors (Lipinski definition) is 6. The van der Waals surface area contributed by atoms with Crippen molar-refractivity contribution in [3.63, 3.8) is 0 Å². The molecule has 8 nitrogen and oxygen atoms in total. The Morgan fingerprint density at radius 3 is 1.69 bits per heavy atom. The van der Waals surface area contributed by atoms with Crippen molar-refractivity contribution in [1.29, 1.82) is 0 Å². The lowest BCUT2D eigenvalue weighted by Crippen LogP contribution is -2.03. The van der Waals surface area contributed by atoms with E-state index in [0.717, 1.165) is 18.2 Å². The van der Waals surface area contributed by atoms with Crippen LogP contribution in [0.2, 0.25) is 0 Å². The molecule has 0 aliphatic heterocycles. The van der Waals surface area contributed by atoms with Crippen LogP contribution in [-0.2, 0) is 9.05 Å². The Labute approximate surface area is 93.2 Å². The number of benzene rings is 1. The van der Waals surface area contributed by atoms with Gasteiger partial charge in [-0.2, -0.15) is 0 Å². The van der Waals surface area contributed by atoms with Crippen molar-refractivity contribution >= 4 is 31.1 Å². The summed E-state index contributed by atoms with van der Waals surface area (Å²) in [5.74, 6) is 0. The number of halogens is 1. The summed E-state index contributed by atoms with van der Waals surface area (Å²) >= 11 is 0. The number of nitro benzene ring substituents is 2. The molecule has 0 aliphatic carbocycles. The van der Waals surface area contributed by atoms with Crippen molar-refractivity contribution in [1.82, 2.24) is 0 Å². The van der Waals surface area contributed by atoms with Gasteiger partial charge in [0.1, 0.15) is 0 Å². The SMILES string of the molecule is O=[N+]([O-])c1cccc([N+](=O)[O-])c1S(=O)(=O)Cl. The van der Waals surface area contributed by atoms with Gasteiger partial charge in [-0.25, -0.2) is 8.42 Å². The zero-order valence-electron chi connectivity index (χ0n) is 7.36. The maximum absolute atomic E-state index is 11.0. The third kappa shape index (κ3) is 2.25. The fourth-order valence-electron chi connectivity index (χ4n) is 1.05. The monoisotopic (exact) mass is 266 g/mol. The second kappa shape index (κ2) is 4.02. The van der Waals surface area contributed by atoms with E-state index in [9.17, 15) is 28.6 Å². The third-order valence-electron chi connectivity index (χ3n) is 1.61. The van der Waals surface area contributed by atoms with Gasteiger partial charge in [-0.05, 0) is 6.07 Å². The molecule has 0 amide bonds. The molecule has 0 aliphatic rings. The van der Waals surface area contributed by atoms with Gasteiger partial charge in [0.05, 0.1) is 9.85 Å². The van der Waals surface area contributed by atoms with Crippen LogP contribution in [0.5, 0.6) is 0 Å². The van der Waals surface area contributed by atoms with E-state index in [1.807, 2.05) is 0 Å². The molecule has 1 rings (SSSR count). The molecule has 0 unspecified atom stereocenters. The first-order chi connectivity index (χ1) is 7.25. The van der Waals surface area contributed by atoms with Crippen LogP contribution in [0, 0.1) is 20.2 Å². The minimum absolute atomic E-state index is 0.822. The van der Waals surface area contributed by atoms with Crippen molar-refractivity contribution in [2.45, 2.75) is 4.90 Å². The van der Waals surface area contributed by atoms with Gasteiger partial charge < -0.3 is 0 Å². The van der Waals surface area contributed by atoms with Crippen LogP contribution in [0.25, 0.3) is 0 Å². The van der Waals surface area contributed by atoms with Gasteiger partial charge in [0.25, 0.3) is 20.4 Å². The number of nitrogens with zero attached hydrogens (tertiary/aromatic N) is 2. The molecule has 1 aromatic carbocycles. The maximum atomic E-state index is 11.0. The standard InChI is InChI=1S/C6H3ClN2O6S/c7-16(14,15)6-4(8(10)11)2-1-3-5(6)9(12)13/h1-3H. The Kier molecular flexibility index (Phi) is 3.10. The van der Waals surface area contributed by atoms with Gasteiger partial charge in [-0.15, -0.1) is 0 Å². The summed E-state index contributed by atoms with van der Waals surface area (Å²) in [6, 6.07) is 2.65. The molecule has 0 heterocycles. The zero-order chi connectivity index (χ0) is 12.5. The average molecular weight is 267 g/mol. The molecular weight excluding hydrogens is 264 g/mol. The zero-order valence-corrected chi connectivity index (χ0v) is 8.93. The molecule has 0 saturated carbocycles. The van der Waals surface area contributed by atoms with E-state index in [2.05, 4.69) is 0 Å². The maximum Gasteiger partial charge on any atom is 0.296 e. The molecule has 0 atom stereocenters. The summed E-state index contributed by atoms with van der Waals surface area (Å²) < 4.78 is 22.1. The summed E-state index contributed by atoms with van der Waals surface area (Å²) in [5.41, 5.74) is -1.85. The Hall–Kier alpha value is -1.74. The van der Waals surface area contributed by atoms with Crippen molar-refractivity contribution in [2.24, 2.45) is 0 Å². The molecule has 10 heteroatoms. The smallest absolute Gasteiger partial charge is 0.258 e. The number of hydrogen-bond donors (Lipinski definition) is 0. The van der Waals surface area contributed by atoms with E-state index in [1.165, 1.54) is 0 Å². The lowest BCUT2D eigenvalue weighted by Gasteiger charge is -1.99. The van der Waals surface area contributed by atoms with Crippen LogP contribution in [0.4, 0.5) is 11.4 Å². The molecule has 0 fully saturated rings. The van der Waals surface area contributed by atoms with Crippen molar-refractivity contribution in [3.05, 3.63) is 38.4 Å². The fourth-order valence-corrected chi connectivity index (χ4v) is 2.31. The van der Waals surface area contributed by atoms with Gasteiger partial charge in [0.2, 0.25) is 4.90 Å². The summed E-state index contributed by atoms with van der Waals surface area (Å²) in [6.07, 6.45) is 0. The molecule has 86 valence electrons. The highest BCUT2D eigenvalue weighted by molar-refractivity contribution is 8.14. The lowest BCUT2D eigenvalue weighted by atomic mass is 10.3. The molecule has 0 radical (unpaired) electrons. The molecule has 16 heavy (non-hydrogen) atoms. The topological polar surface area (TPSA) is 120 Å². The summed E-state index contributed by atoms with van der Waals surface area (Å²) in [7, 11) is 0.355. The van der Waals surface area contributed by atoms with Gasteiger partial charge in [0.15, 0.2) is 0 Å². The second-order valence-corrected chi connectivity index (χ2v) is 5.08. The van der Waals surface area contributed by atoms with E-state index in [-0.39, 0.29) is 0 Å². The van der Waals surface area contributed by atoms with Gasteiger partial charge in [-0.1, -0.05) is 0 Å². The van der Waals surface area contributed by atoms with Crippen LogP contribution in [0.15, 0.2) is 23.1 Å². The minimum atomic E-state index is -4.57. The summed E-state index contributed by atoms with van der Waals surface area (Å²) in [5, 5.41) is 21.0. The largest absolute Gasteiger partial charge is 0.296 e. The summed E-state index contributed by atoms with van der Waals surface area (Å²) in [4.78, 5) is 17.8. The van der Waals surface area contributed by atoms with E-state index in [4.69, 9.17) is 10.7 Å². The van der Waals surface area contributed by atoms with Crippen molar-refractivity contribution in [3.8, 4) is 0 Å². The van der Waals surface area contributed by atoms with Crippen LogP contribution in [0.1, 0.15) is 0 Å². The second-order valence-electron chi connectivity index (χ2n) is 2.58. The molecule has 1 aromatic rings. The highest BCUT2D eigenvalue weighted by atomic mass is 35.7. The Balaban J connectivity index is 3.75. The number of rotatable bonds is 3. The predicted molar refractivity (Wildman–Crippen MR) is 52.8 cm³/mol. The molecule has 0 aromatic heterocycles. The predicted octanol–water partition coefficient (Wildman–Crippen LogP) is 1.43. The Bertz CT molecular complexity index is 536. The average Bonchev–Trinajstić information content (AvgIpc) is 2.15. The fraction of sp³-hybridized carbons (Fsp3) is 0. The van der Waals surface area contributed by atoms with E-state index in [1.54, 1.807) is 0 Å². The minimum Gasteiger partial charge on any atom is -0.258 e.